The van der Waals surface area contributed by atoms with Gasteiger partial charge in [0.15, 0.2) is 0 Å². The Bertz CT molecular complexity index is 471. The number of hydroxylamine groups is 1. The lowest BCUT2D eigenvalue weighted by atomic mass is 10.2. The maximum atomic E-state index is 11.5. The number of benzene rings is 1. The molecule has 18 heavy (non-hydrogen) atoms. The van der Waals surface area contributed by atoms with E-state index in [-0.39, 0.29) is 0 Å². The highest BCUT2D eigenvalue weighted by atomic mass is 16.7. The SMILES string of the molecule is CC(C)=CC=CC(=O)ONC(=O)c1ccccc1. The average Bonchev–Trinajstić information content (AvgIpc) is 2.36. The summed E-state index contributed by atoms with van der Waals surface area (Å²) in [6.07, 6.45) is 4.56. The lowest BCUT2D eigenvalue weighted by molar-refractivity contribution is -0.142. The first-order chi connectivity index (χ1) is 8.59. The van der Waals surface area contributed by atoms with Crippen LogP contribution in [0.4, 0.5) is 0 Å². The van der Waals surface area contributed by atoms with Gasteiger partial charge in [-0.3, -0.25) is 4.79 Å². The molecule has 1 amide bonds. The zero-order valence-electron chi connectivity index (χ0n) is 10.3. The normalized spacial score (nSPS) is 9.89. The largest absolute Gasteiger partial charge is 0.355 e. The summed E-state index contributed by atoms with van der Waals surface area (Å²) in [5, 5.41) is 0. The number of allylic oxidation sites excluding steroid dienone is 3. The number of carbonyl (C=O) groups is 2. The van der Waals surface area contributed by atoms with E-state index < -0.39 is 11.9 Å². The Balaban J connectivity index is 2.42. The zero-order valence-corrected chi connectivity index (χ0v) is 10.3. The van der Waals surface area contributed by atoms with Crippen LogP contribution < -0.4 is 5.48 Å². The monoisotopic (exact) mass is 245 g/mol. The van der Waals surface area contributed by atoms with Gasteiger partial charge >= 0.3 is 5.97 Å². The van der Waals surface area contributed by atoms with Crippen LogP contribution in [-0.2, 0) is 9.63 Å². The molecule has 1 aromatic rings. The second kappa shape index (κ2) is 7.06. The highest BCUT2D eigenvalue weighted by Gasteiger charge is 2.05. The molecule has 0 saturated carbocycles. The number of hydrogen-bond donors (Lipinski definition) is 1. The molecule has 0 fully saturated rings. The molecule has 94 valence electrons. The van der Waals surface area contributed by atoms with Gasteiger partial charge in [-0.2, -0.15) is 5.48 Å². The van der Waals surface area contributed by atoms with E-state index in [1.54, 1.807) is 42.5 Å². The van der Waals surface area contributed by atoms with E-state index in [1.165, 1.54) is 6.08 Å². The highest BCUT2D eigenvalue weighted by Crippen LogP contribution is 1.97. The van der Waals surface area contributed by atoms with Crippen molar-refractivity contribution in [3.8, 4) is 0 Å². The Morgan fingerprint density at radius 1 is 1.17 bits per heavy atom. The van der Waals surface area contributed by atoms with Crippen LogP contribution in [0.1, 0.15) is 24.2 Å². The minimum atomic E-state index is -0.628. The first-order valence-corrected chi connectivity index (χ1v) is 5.47. The predicted molar refractivity (Wildman–Crippen MR) is 68.6 cm³/mol. The average molecular weight is 245 g/mol. The van der Waals surface area contributed by atoms with Crippen molar-refractivity contribution in [3.63, 3.8) is 0 Å². The van der Waals surface area contributed by atoms with Crippen molar-refractivity contribution in [2.75, 3.05) is 0 Å². The summed E-state index contributed by atoms with van der Waals surface area (Å²) in [6, 6.07) is 8.51. The molecule has 0 saturated heterocycles. The van der Waals surface area contributed by atoms with E-state index in [1.807, 2.05) is 13.8 Å². The van der Waals surface area contributed by atoms with Crippen LogP contribution in [0.5, 0.6) is 0 Å². The summed E-state index contributed by atoms with van der Waals surface area (Å²) in [7, 11) is 0. The quantitative estimate of drug-likeness (QED) is 0.505. The van der Waals surface area contributed by atoms with E-state index in [9.17, 15) is 9.59 Å². The van der Waals surface area contributed by atoms with Crippen molar-refractivity contribution < 1.29 is 14.4 Å². The molecule has 0 aliphatic rings. The van der Waals surface area contributed by atoms with E-state index in [0.29, 0.717) is 5.56 Å². The number of hydrogen-bond acceptors (Lipinski definition) is 3. The maximum absolute atomic E-state index is 11.5. The van der Waals surface area contributed by atoms with Gasteiger partial charge in [-0.25, -0.2) is 4.79 Å². The van der Waals surface area contributed by atoms with Crippen molar-refractivity contribution in [2.45, 2.75) is 13.8 Å². The smallest absolute Gasteiger partial charge is 0.336 e. The molecule has 1 N–H and O–H groups in total. The Morgan fingerprint density at radius 2 is 1.83 bits per heavy atom. The molecule has 0 radical (unpaired) electrons. The second-order valence-electron chi connectivity index (χ2n) is 3.82. The first kappa shape index (κ1) is 13.7. The Kier molecular flexibility index (Phi) is 5.38. The fourth-order valence-corrected chi connectivity index (χ4v) is 1.10. The van der Waals surface area contributed by atoms with Crippen LogP contribution in [0, 0.1) is 0 Å². The van der Waals surface area contributed by atoms with Gasteiger partial charge in [-0.15, -0.1) is 0 Å². The highest BCUT2D eigenvalue weighted by molar-refractivity contribution is 5.94. The molecule has 0 aromatic heterocycles. The molecule has 0 bridgehead atoms. The number of nitrogens with one attached hydrogen (secondary N) is 1. The Morgan fingerprint density at radius 3 is 2.44 bits per heavy atom. The predicted octanol–water partition coefficient (Wildman–Crippen LogP) is 2.40. The standard InChI is InChI=1S/C14H15NO3/c1-11(2)7-6-10-13(16)18-15-14(17)12-8-4-3-5-9-12/h3-10H,1-2H3,(H,15,17). The summed E-state index contributed by atoms with van der Waals surface area (Å²) < 4.78 is 0. The summed E-state index contributed by atoms with van der Waals surface area (Å²) in [5.41, 5.74) is 3.57. The molecule has 4 nitrogen and oxygen atoms in total. The van der Waals surface area contributed by atoms with Gasteiger partial charge in [-0.05, 0) is 26.0 Å². The van der Waals surface area contributed by atoms with E-state index in [2.05, 4.69) is 10.3 Å². The summed E-state index contributed by atoms with van der Waals surface area (Å²) in [6.45, 7) is 3.82. The van der Waals surface area contributed by atoms with Gasteiger partial charge < -0.3 is 4.84 Å². The summed E-state index contributed by atoms with van der Waals surface area (Å²) >= 11 is 0. The number of carbonyl (C=O) groups excluding carboxylic acids is 2. The third-order valence-corrected chi connectivity index (χ3v) is 1.94. The molecule has 0 aliphatic heterocycles. The van der Waals surface area contributed by atoms with Crippen molar-refractivity contribution in [2.24, 2.45) is 0 Å². The molecule has 4 heteroatoms. The number of amides is 1. The molecule has 1 aromatic carbocycles. The zero-order chi connectivity index (χ0) is 13.4. The van der Waals surface area contributed by atoms with Crippen LogP contribution in [0.15, 0.2) is 54.1 Å². The van der Waals surface area contributed by atoms with Crippen molar-refractivity contribution in [1.82, 2.24) is 5.48 Å². The molecule has 0 spiro atoms. The van der Waals surface area contributed by atoms with Gasteiger partial charge in [0.25, 0.3) is 5.91 Å². The minimum absolute atomic E-state index is 0.429. The minimum Gasteiger partial charge on any atom is -0.336 e. The van der Waals surface area contributed by atoms with Crippen LogP contribution in [0.25, 0.3) is 0 Å². The topological polar surface area (TPSA) is 55.4 Å². The fraction of sp³-hybridized carbons (Fsp3) is 0.143. The third-order valence-electron chi connectivity index (χ3n) is 1.94. The molecular weight excluding hydrogens is 230 g/mol. The summed E-state index contributed by atoms with van der Waals surface area (Å²) in [4.78, 5) is 27.3. The summed E-state index contributed by atoms with van der Waals surface area (Å²) in [5.74, 6) is -1.09. The fourth-order valence-electron chi connectivity index (χ4n) is 1.10. The van der Waals surface area contributed by atoms with Gasteiger partial charge in [0.1, 0.15) is 0 Å². The molecule has 0 aliphatic carbocycles. The molecule has 0 atom stereocenters. The molecule has 1 rings (SSSR count). The van der Waals surface area contributed by atoms with Crippen LogP contribution in [0.2, 0.25) is 0 Å². The van der Waals surface area contributed by atoms with Gasteiger partial charge in [0, 0.05) is 11.6 Å². The van der Waals surface area contributed by atoms with Crippen molar-refractivity contribution in [1.29, 1.82) is 0 Å². The first-order valence-electron chi connectivity index (χ1n) is 5.47. The van der Waals surface area contributed by atoms with E-state index >= 15 is 0 Å². The van der Waals surface area contributed by atoms with Crippen molar-refractivity contribution >= 4 is 11.9 Å². The number of rotatable bonds is 3. The van der Waals surface area contributed by atoms with E-state index in [0.717, 1.165) is 5.57 Å². The maximum Gasteiger partial charge on any atom is 0.355 e. The molecular formula is C14H15NO3. The van der Waals surface area contributed by atoms with Crippen LogP contribution >= 0.6 is 0 Å². The van der Waals surface area contributed by atoms with Gasteiger partial charge in [0.05, 0.1) is 0 Å². The van der Waals surface area contributed by atoms with E-state index in [4.69, 9.17) is 0 Å². The second-order valence-corrected chi connectivity index (χ2v) is 3.82. The van der Waals surface area contributed by atoms with Crippen LogP contribution in [-0.4, -0.2) is 11.9 Å². The lowest BCUT2D eigenvalue weighted by Crippen LogP contribution is -2.26. The third kappa shape index (κ3) is 5.12. The van der Waals surface area contributed by atoms with Gasteiger partial charge in [-0.1, -0.05) is 35.9 Å². The Hall–Kier alpha value is -2.36. The van der Waals surface area contributed by atoms with Crippen LogP contribution in [0.3, 0.4) is 0 Å². The Labute approximate surface area is 106 Å². The molecule has 0 unspecified atom stereocenters. The molecule has 0 heterocycles. The van der Waals surface area contributed by atoms with Gasteiger partial charge in [0.2, 0.25) is 0 Å². The lowest BCUT2D eigenvalue weighted by Gasteiger charge is -2.02. The van der Waals surface area contributed by atoms with Crippen molar-refractivity contribution in [3.05, 3.63) is 59.7 Å².